The predicted octanol–water partition coefficient (Wildman–Crippen LogP) is 5.15. The first-order valence-electron chi connectivity index (χ1n) is 8.27. The average Bonchev–Trinajstić information content (AvgIpc) is 2.38. The summed E-state index contributed by atoms with van der Waals surface area (Å²) in [7, 11) is 0. The first kappa shape index (κ1) is 18.6. The highest BCUT2D eigenvalue weighted by Crippen LogP contribution is 2.14. The minimum atomic E-state index is -0.186. The van der Waals surface area contributed by atoms with Gasteiger partial charge in [0.1, 0.15) is 6.10 Å². The molecule has 0 rings (SSSR count). The van der Waals surface area contributed by atoms with Crippen LogP contribution in [-0.4, -0.2) is 18.5 Å². The summed E-state index contributed by atoms with van der Waals surface area (Å²) >= 11 is 0. The molecular formula is C17H34O2. The fourth-order valence-electron chi connectivity index (χ4n) is 2.41. The maximum atomic E-state index is 12.0. The minimum Gasteiger partial charge on any atom is -0.370 e. The number of rotatable bonds is 13. The van der Waals surface area contributed by atoms with Crippen molar-refractivity contribution in [1.82, 2.24) is 0 Å². The van der Waals surface area contributed by atoms with Crippen molar-refractivity contribution in [1.29, 1.82) is 0 Å². The van der Waals surface area contributed by atoms with Crippen LogP contribution in [0.3, 0.4) is 0 Å². The molecule has 0 aromatic carbocycles. The Bertz CT molecular complexity index is 211. The molecule has 19 heavy (non-hydrogen) atoms. The third kappa shape index (κ3) is 10.1. The summed E-state index contributed by atoms with van der Waals surface area (Å²) in [6, 6.07) is 0. The van der Waals surface area contributed by atoms with Gasteiger partial charge in [0.05, 0.1) is 0 Å². The van der Waals surface area contributed by atoms with Gasteiger partial charge in [0.25, 0.3) is 0 Å². The Morgan fingerprint density at radius 1 is 0.895 bits per heavy atom. The van der Waals surface area contributed by atoms with E-state index in [-0.39, 0.29) is 6.10 Å². The average molecular weight is 270 g/mol. The van der Waals surface area contributed by atoms with Gasteiger partial charge in [-0.3, -0.25) is 4.79 Å². The highest BCUT2D eigenvalue weighted by molar-refractivity contribution is 5.83. The van der Waals surface area contributed by atoms with E-state index in [2.05, 4.69) is 20.8 Å². The van der Waals surface area contributed by atoms with Gasteiger partial charge in [0.2, 0.25) is 0 Å². The Kier molecular flexibility index (Phi) is 12.4. The molecule has 0 saturated heterocycles. The van der Waals surface area contributed by atoms with E-state index in [1.807, 2.05) is 6.92 Å². The van der Waals surface area contributed by atoms with E-state index in [4.69, 9.17) is 4.74 Å². The number of Topliss-reactive ketones (excluding diaryl/α,β-unsaturated/α-hetero) is 1. The normalized spacial score (nSPS) is 12.9. The van der Waals surface area contributed by atoms with Crippen molar-refractivity contribution in [3.8, 4) is 0 Å². The Labute approximate surface area is 120 Å². The molecule has 0 amide bonds. The fourth-order valence-corrected chi connectivity index (χ4v) is 2.41. The van der Waals surface area contributed by atoms with Gasteiger partial charge in [-0.25, -0.2) is 0 Å². The summed E-state index contributed by atoms with van der Waals surface area (Å²) in [6.45, 7) is 8.96. The minimum absolute atomic E-state index is 0.186. The molecule has 0 aliphatic rings. The molecule has 0 aliphatic carbocycles. The molecule has 0 radical (unpaired) electrons. The molecule has 2 heteroatoms. The van der Waals surface area contributed by atoms with Crippen molar-refractivity contribution in [3.05, 3.63) is 0 Å². The van der Waals surface area contributed by atoms with Crippen LogP contribution in [0.4, 0.5) is 0 Å². The predicted molar refractivity (Wildman–Crippen MR) is 82.5 cm³/mol. The van der Waals surface area contributed by atoms with E-state index in [1.54, 1.807) is 0 Å². The molecule has 1 unspecified atom stereocenters. The molecule has 114 valence electrons. The molecule has 0 aliphatic heterocycles. The summed E-state index contributed by atoms with van der Waals surface area (Å²) < 4.78 is 5.54. The Morgan fingerprint density at radius 2 is 1.42 bits per heavy atom. The van der Waals surface area contributed by atoms with Crippen LogP contribution < -0.4 is 0 Å². The molecule has 0 spiro atoms. The molecule has 0 aromatic rings. The molecule has 1 atom stereocenters. The second-order valence-electron chi connectivity index (χ2n) is 5.81. The van der Waals surface area contributed by atoms with E-state index < -0.39 is 0 Å². The number of unbranched alkanes of at least 4 members (excludes halogenated alkanes) is 7. The van der Waals surface area contributed by atoms with Crippen LogP contribution >= 0.6 is 0 Å². The van der Waals surface area contributed by atoms with E-state index in [0.717, 1.165) is 6.42 Å². The Morgan fingerprint density at radius 3 is 1.89 bits per heavy atom. The van der Waals surface area contributed by atoms with E-state index >= 15 is 0 Å². The number of carbonyl (C=O) groups excluding carboxylic acids is 1. The van der Waals surface area contributed by atoms with Crippen molar-refractivity contribution in [2.45, 2.75) is 91.6 Å². The second-order valence-corrected chi connectivity index (χ2v) is 5.81. The third-order valence-electron chi connectivity index (χ3n) is 3.55. The van der Waals surface area contributed by atoms with Crippen LogP contribution in [0.5, 0.6) is 0 Å². The quantitative estimate of drug-likeness (QED) is 0.433. The first-order chi connectivity index (χ1) is 9.13. The van der Waals surface area contributed by atoms with Gasteiger partial charge in [0.15, 0.2) is 5.78 Å². The highest BCUT2D eigenvalue weighted by atomic mass is 16.5. The molecule has 0 fully saturated rings. The van der Waals surface area contributed by atoms with Crippen LogP contribution in [0.15, 0.2) is 0 Å². The van der Waals surface area contributed by atoms with Crippen molar-refractivity contribution in [2.24, 2.45) is 5.92 Å². The van der Waals surface area contributed by atoms with Crippen molar-refractivity contribution < 1.29 is 9.53 Å². The lowest BCUT2D eigenvalue weighted by molar-refractivity contribution is -0.133. The lowest BCUT2D eigenvalue weighted by Crippen LogP contribution is -2.29. The summed E-state index contributed by atoms with van der Waals surface area (Å²) in [5.74, 6) is 0.587. The standard InChI is InChI=1S/C17H34O2/c1-5-7-8-9-10-11-12-13-14-16(18)17(15(3)4)19-6-2/h15,17H,5-14H2,1-4H3. The van der Waals surface area contributed by atoms with Gasteiger partial charge in [-0.1, -0.05) is 65.7 Å². The maximum Gasteiger partial charge on any atom is 0.161 e. The number of hydrogen-bond donors (Lipinski definition) is 0. The molecule has 0 aromatic heterocycles. The molecule has 0 saturated carbocycles. The van der Waals surface area contributed by atoms with Crippen LogP contribution in [0.25, 0.3) is 0 Å². The number of carbonyl (C=O) groups is 1. The smallest absolute Gasteiger partial charge is 0.161 e. The monoisotopic (exact) mass is 270 g/mol. The summed E-state index contributed by atoms with van der Waals surface area (Å²) in [4.78, 5) is 12.0. The van der Waals surface area contributed by atoms with E-state index in [9.17, 15) is 4.79 Å². The van der Waals surface area contributed by atoms with Gasteiger partial charge in [-0.05, 0) is 19.3 Å². The molecule has 0 heterocycles. The van der Waals surface area contributed by atoms with E-state index in [1.165, 1.54) is 44.9 Å². The summed E-state index contributed by atoms with van der Waals surface area (Å²) in [5, 5.41) is 0. The number of ketones is 1. The van der Waals surface area contributed by atoms with Gasteiger partial charge in [-0.15, -0.1) is 0 Å². The van der Waals surface area contributed by atoms with Crippen molar-refractivity contribution in [3.63, 3.8) is 0 Å². The van der Waals surface area contributed by atoms with Crippen LogP contribution in [0, 0.1) is 5.92 Å². The molecule has 0 N–H and O–H groups in total. The third-order valence-corrected chi connectivity index (χ3v) is 3.55. The zero-order valence-corrected chi connectivity index (χ0v) is 13.5. The second kappa shape index (κ2) is 12.7. The molecular weight excluding hydrogens is 236 g/mol. The number of hydrogen-bond acceptors (Lipinski definition) is 2. The summed E-state index contributed by atoms with van der Waals surface area (Å²) in [6.07, 6.45) is 10.7. The van der Waals surface area contributed by atoms with Gasteiger partial charge < -0.3 is 4.74 Å². The summed E-state index contributed by atoms with van der Waals surface area (Å²) in [5.41, 5.74) is 0. The SMILES string of the molecule is CCCCCCCCCCC(=O)C(OCC)C(C)C. The fraction of sp³-hybridized carbons (Fsp3) is 0.941. The lowest BCUT2D eigenvalue weighted by atomic mass is 9.98. The van der Waals surface area contributed by atoms with Crippen molar-refractivity contribution >= 4 is 5.78 Å². The van der Waals surface area contributed by atoms with Crippen molar-refractivity contribution in [2.75, 3.05) is 6.61 Å². The van der Waals surface area contributed by atoms with Crippen LogP contribution in [0.2, 0.25) is 0 Å². The zero-order chi connectivity index (χ0) is 14.5. The number of ether oxygens (including phenoxy) is 1. The van der Waals surface area contributed by atoms with Gasteiger partial charge in [0, 0.05) is 13.0 Å². The van der Waals surface area contributed by atoms with Gasteiger partial charge >= 0.3 is 0 Å². The largest absolute Gasteiger partial charge is 0.370 e. The highest BCUT2D eigenvalue weighted by Gasteiger charge is 2.21. The lowest BCUT2D eigenvalue weighted by Gasteiger charge is -2.19. The molecule has 2 nitrogen and oxygen atoms in total. The molecule has 0 bridgehead atoms. The Hall–Kier alpha value is -0.370. The Balaban J connectivity index is 3.56. The van der Waals surface area contributed by atoms with Crippen LogP contribution in [-0.2, 0) is 9.53 Å². The van der Waals surface area contributed by atoms with E-state index in [0.29, 0.717) is 24.7 Å². The zero-order valence-electron chi connectivity index (χ0n) is 13.5. The first-order valence-corrected chi connectivity index (χ1v) is 8.27. The van der Waals surface area contributed by atoms with Crippen LogP contribution in [0.1, 0.15) is 85.5 Å². The maximum absolute atomic E-state index is 12.0. The topological polar surface area (TPSA) is 26.3 Å². The van der Waals surface area contributed by atoms with Gasteiger partial charge in [-0.2, -0.15) is 0 Å².